The maximum Gasteiger partial charge on any atom is 0.118 e. The van der Waals surface area contributed by atoms with Crippen molar-refractivity contribution in [1.82, 2.24) is 0 Å². The summed E-state index contributed by atoms with van der Waals surface area (Å²) in [7, 11) is 1.70. The van der Waals surface area contributed by atoms with Gasteiger partial charge < -0.3 is 9.64 Å². The molecule has 2 nitrogen and oxygen atoms in total. The van der Waals surface area contributed by atoms with Crippen LogP contribution in [0.2, 0.25) is 0 Å². The van der Waals surface area contributed by atoms with Crippen molar-refractivity contribution in [2.24, 2.45) is 0 Å². The molecule has 98 valence electrons. The van der Waals surface area contributed by atoms with Gasteiger partial charge in [0, 0.05) is 18.0 Å². The largest absolute Gasteiger partial charge is 0.497 e. The van der Waals surface area contributed by atoms with Crippen molar-refractivity contribution in [1.29, 1.82) is 0 Å². The van der Waals surface area contributed by atoms with Gasteiger partial charge in [-0.05, 0) is 29.8 Å². The van der Waals surface area contributed by atoms with Crippen LogP contribution in [0.4, 0.5) is 5.69 Å². The first-order valence-electron chi connectivity index (χ1n) is 6.46. The second-order valence-corrected chi connectivity index (χ2v) is 5.71. The minimum absolute atomic E-state index is 0.410. The van der Waals surface area contributed by atoms with Crippen LogP contribution >= 0.6 is 11.8 Å². The number of methoxy groups -OCH3 is 1. The topological polar surface area (TPSA) is 12.5 Å². The summed E-state index contributed by atoms with van der Waals surface area (Å²) in [5.41, 5.74) is 2.64. The number of ether oxygens (including phenoxy) is 1. The fourth-order valence-corrected chi connectivity index (χ4v) is 3.68. The van der Waals surface area contributed by atoms with Gasteiger partial charge in [-0.2, -0.15) is 0 Å². The van der Waals surface area contributed by atoms with Crippen LogP contribution in [-0.4, -0.2) is 19.4 Å². The number of hydrogen-bond acceptors (Lipinski definition) is 3. The highest BCUT2D eigenvalue weighted by Gasteiger charge is 2.26. The highest BCUT2D eigenvalue weighted by molar-refractivity contribution is 7.99. The molecule has 1 atom stereocenters. The van der Waals surface area contributed by atoms with Gasteiger partial charge in [0.15, 0.2) is 0 Å². The summed E-state index contributed by atoms with van der Waals surface area (Å²) in [6.45, 7) is 1.10. The molecule has 1 saturated heterocycles. The van der Waals surface area contributed by atoms with Crippen molar-refractivity contribution in [3.63, 3.8) is 0 Å². The SMILES string of the molecule is COc1ccc(C2SCCN2c2ccccc2)cc1. The molecule has 0 saturated carbocycles. The first-order valence-corrected chi connectivity index (χ1v) is 7.50. The van der Waals surface area contributed by atoms with Crippen LogP contribution in [0.15, 0.2) is 54.6 Å². The molecule has 1 heterocycles. The second kappa shape index (κ2) is 5.57. The zero-order valence-corrected chi connectivity index (χ0v) is 11.8. The van der Waals surface area contributed by atoms with Crippen LogP contribution in [-0.2, 0) is 0 Å². The number of thioether (sulfide) groups is 1. The molecule has 3 heteroatoms. The van der Waals surface area contributed by atoms with E-state index in [0.29, 0.717) is 5.37 Å². The van der Waals surface area contributed by atoms with Crippen LogP contribution in [0, 0.1) is 0 Å². The summed E-state index contributed by atoms with van der Waals surface area (Å²) in [5.74, 6) is 2.09. The van der Waals surface area contributed by atoms with E-state index in [1.54, 1.807) is 7.11 Å². The van der Waals surface area contributed by atoms with Gasteiger partial charge in [-0.3, -0.25) is 0 Å². The zero-order chi connectivity index (χ0) is 13.1. The highest BCUT2D eigenvalue weighted by atomic mass is 32.2. The van der Waals surface area contributed by atoms with Crippen LogP contribution < -0.4 is 9.64 Å². The quantitative estimate of drug-likeness (QED) is 0.838. The van der Waals surface area contributed by atoms with E-state index in [1.165, 1.54) is 17.0 Å². The third kappa shape index (κ3) is 2.56. The van der Waals surface area contributed by atoms with Gasteiger partial charge in [0.05, 0.1) is 7.11 Å². The normalized spacial score (nSPS) is 18.6. The lowest BCUT2D eigenvalue weighted by Crippen LogP contribution is -2.21. The number of hydrogen-bond donors (Lipinski definition) is 0. The van der Waals surface area contributed by atoms with E-state index < -0.39 is 0 Å². The zero-order valence-electron chi connectivity index (χ0n) is 11.0. The Hall–Kier alpha value is -1.61. The molecule has 0 amide bonds. The number of benzene rings is 2. The van der Waals surface area contributed by atoms with Crippen molar-refractivity contribution in [3.05, 3.63) is 60.2 Å². The minimum Gasteiger partial charge on any atom is -0.497 e. The number of nitrogens with zero attached hydrogens (tertiary/aromatic N) is 1. The molecule has 19 heavy (non-hydrogen) atoms. The molecule has 2 aromatic rings. The molecule has 0 radical (unpaired) electrons. The lowest BCUT2D eigenvalue weighted by molar-refractivity contribution is 0.414. The summed E-state index contributed by atoms with van der Waals surface area (Å²) >= 11 is 2.00. The molecular weight excluding hydrogens is 254 g/mol. The fraction of sp³-hybridized carbons (Fsp3) is 0.250. The van der Waals surface area contributed by atoms with Crippen LogP contribution in [0.25, 0.3) is 0 Å². The van der Waals surface area contributed by atoms with Gasteiger partial charge in [-0.1, -0.05) is 30.3 Å². The van der Waals surface area contributed by atoms with Crippen LogP contribution in [0.3, 0.4) is 0 Å². The molecule has 1 unspecified atom stereocenters. The van der Waals surface area contributed by atoms with Crippen molar-refractivity contribution in [2.45, 2.75) is 5.37 Å². The van der Waals surface area contributed by atoms with Crippen molar-refractivity contribution in [2.75, 3.05) is 24.3 Å². The predicted octanol–water partition coefficient (Wildman–Crippen LogP) is 3.95. The molecule has 0 aromatic heterocycles. The predicted molar refractivity (Wildman–Crippen MR) is 82.0 cm³/mol. The van der Waals surface area contributed by atoms with Gasteiger partial charge in [0.25, 0.3) is 0 Å². The Morgan fingerprint density at radius 3 is 2.47 bits per heavy atom. The minimum atomic E-state index is 0.410. The average Bonchev–Trinajstić information content (AvgIpc) is 2.98. The maximum atomic E-state index is 5.22. The van der Waals surface area contributed by atoms with E-state index in [0.717, 1.165) is 12.3 Å². The summed E-state index contributed by atoms with van der Waals surface area (Å²) in [4.78, 5) is 2.46. The van der Waals surface area contributed by atoms with Gasteiger partial charge in [-0.25, -0.2) is 0 Å². The standard InChI is InChI=1S/C16H17NOS/c1-18-15-9-7-13(8-10-15)16-17(11-12-19-16)14-5-3-2-4-6-14/h2-10,16H,11-12H2,1H3. The van der Waals surface area contributed by atoms with E-state index in [9.17, 15) is 0 Å². The number of para-hydroxylation sites is 1. The Labute approximate surface area is 118 Å². The average molecular weight is 271 g/mol. The fourth-order valence-electron chi connectivity index (χ4n) is 2.40. The van der Waals surface area contributed by atoms with Gasteiger partial charge in [0.2, 0.25) is 0 Å². The molecule has 0 N–H and O–H groups in total. The molecule has 1 aliphatic heterocycles. The van der Waals surface area contributed by atoms with Crippen LogP contribution in [0.5, 0.6) is 5.75 Å². The van der Waals surface area contributed by atoms with Gasteiger partial charge >= 0.3 is 0 Å². The van der Waals surface area contributed by atoms with Crippen LogP contribution in [0.1, 0.15) is 10.9 Å². The van der Waals surface area contributed by atoms with Crippen molar-refractivity contribution >= 4 is 17.4 Å². The lowest BCUT2D eigenvalue weighted by Gasteiger charge is -2.26. The van der Waals surface area contributed by atoms with E-state index >= 15 is 0 Å². The van der Waals surface area contributed by atoms with E-state index in [4.69, 9.17) is 4.74 Å². The summed E-state index contributed by atoms with van der Waals surface area (Å²) in [5, 5.41) is 0.410. The first-order chi connectivity index (χ1) is 9.38. The first kappa shape index (κ1) is 12.4. The Balaban J connectivity index is 1.86. The highest BCUT2D eigenvalue weighted by Crippen LogP contribution is 2.41. The lowest BCUT2D eigenvalue weighted by atomic mass is 10.2. The Morgan fingerprint density at radius 1 is 1.05 bits per heavy atom. The molecule has 1 aliphatic rings. The molecule has 3 rings (SSSR count). The van der Waals surface area contributed by atoms with Gasteiger partial charge in [-0.15, -0.1) is 11.8 Å². The molecule has 0 aliphatic carbocycles. The van der Waals surface area contributed by atoms with Crippen molar-refractivity contribution < 1.29 is 4.74 Å². The molecule has 2 aromatic carbocycles. The third-order valence-electron chi connectivity index (χ3n) is 3.38. The second-order valence-electron chi connectivity index (χ2n) is 4.53. The Morgan fingerprint density at radius 2 is 1.79 bits per heavy atom. The smallest absolute Gasteiger partial charge is 0.118 e. The summed E-state index contributed by atoms with van der Waals surface area (Å²) in [6, 6.07) is 19.0. The summed E-state index contributed by atoms with van der Waals surface area (Å²) in [6.07, 6.45) is 0. The van der Waals surface area contributed by atoms with E-state index in [1.807, 2.05) is 23.9 Å². The Kier molecular flexibility index (Phi) is 3.65. The van der Waals surface area contributed by atoms with E-state index in [-0.39, 0.29) is 0 Å². The number of rotatable bonds is 3. The van der Waals surface area contributed by atoms with Crippen molar-refractivity contribution in [3.8, 4) is 5.75 Å². The third-order valence-corrected chi connectivity index (χ3v) is 4.64. The molecule has 0 bridgehead atoms. The summed E-state index contributed by atoms with van der Waals surface area (Å²) < 4.78 is 5.22. The number of anilines is 1. The Bertz CT molecular complexity index is 526. The molecular formula is C16H17NOS. The monoisotopic (exact) mass is 271 g/mol. The van der Waals surface area contributed by atoms with E-state index in [2.05, 4.69) is 47.4 Å². The molecule has 1 fully saturated rings. The van der Waals surface area contributed by atoms with Gasteiger partial charge in [0.1, 0.15) is 11.1 Å². The molecule has 0 spiro atoms. The maximum absolute atomic E-state index is 5.22.